The van der Waals surface area contributed by atoms with Crippen molar-refractivity contribution in [3.05, 3.63) is 58.6 Å². The minimum atomic E-state index is -0.103. The van der Waals surface area contributed by atoms with Gasteiger partial charge in [0.2, 0.25) is 5.91 Å². The third-order valence-corrected chi connectivity index (χ3v) is 4.82. The molecule has 1 amide bonds. The van der Waals surface area contributed by atoms with Crippen molar-refractivity contribution in [3.8, 4) is 5.75 Å². The molecule has 0 aliphatic rings. The normalized spacial score (nSPS) is 10.3. The lowest BCUT2D eigenvalue weighted by Gasteiger charge is -2.11. The van der Waals surface area contributed by atoms with Crippen LogP contribution < -0.4 is 10.1 Å². The summed E-state index contributed by atoms with van der Waals surface area (Å²) < 4.78 is 6.43. The highest BCUT2D eigenvalue weighted by Gasteiger charge is 2.09. The first-order valence-electron chi connectivity index (χ1n) is 7.98. The Morgan fingerprint density at radius 1 is 1.12 bits per heavy atom. The molecular formula is C19H20BrNO3S. The summed E-state index contributed by atoms with van der Waals surface area (Å²) >= 11 is 4.79. The van der Waals surface area contributed by atoms with E-state index in [1.54, 1.807) is 12.1 Å². The van der Waals surface area contributed by atoms with E-state index < -0.39 is 0 Å². The predicted octanol–water partition coefficient (Wildman–Crippen LogP) is 4.79. The molecule has 0 aliphatic carbocycles. The van der Waals surface area contributed by atoms with Crippen LogP contribution in [0.1, 0.15) is 23.7 Å². The number of nitrogens with one attached hydrogen (secondary N) is 1. The van der Waals surface area contributed by atoms with Gasteiger partial charge in [-0.1, -0.05) is 40.2 Å². The van der Waals surface area contributed by atoms with Crippen LogP contribution in [-0.4, -0.2) is 29.8 Å². The number of amides is 1. The standard InChI is InChI=1S/C19H20BrNO3S/c1-2-24-18-6-4-3-5-16(18)21-19(23)13-25-12-11-17(22)14-7-9-15(20)10-8-14/h3-10H,2,11-13H2,1H3,(H,21,23). The molecule has 0 heterocycles. The summed E-state index contributed by atoms with van der Waals surface area (Å²) in [5, 5.41) is 2.85. The monoisotopic (exact) mass is 421 g/mol. The van der Waals surface area contributed by atoms with Crippen molar-refractivity contribution in [2.75, 3.05) is 23.4 Å². The predicted molar refractivity (Wildman–Crippen MR) is 107 cm³/mol. The first-order valence-corrected chi connectivity index (χ1v) is 9.93. The SMILES string of the molecule is CCOc1ccccc1NC(=O)CSCCC(=O)c1ccc(Br)cc1. The molecule has 1 N–H and O–H groups in total. The second-order valence-electron chi connectivity index (χ2n) is 5.21. The number of carbonyl (C=O) groups excluding carboxylic acids is 2. The summed E-state index contributed by atoms with van der Waals surface area (Å²) in [5.41, 5.74) is 1.36. The van der Waals surface area contributed by atoms with Gasteiger partial charge in [-0.25, -0.2) is 0 Å². The third kappa shape index (κ3) is 6.55. The van der Waals surface area contributed by atoms with Gasteiger partial charge in [-0.3, -0.25) is 9.59 Å². The zero-order valence-corrected chi connectivity index (χ0v) is 16.4. The maximum Gasteiger partial charge on any atom is 0.234 e. The molecule has 4 nitrogen and oxygen atoms in total. The zero-order chi connectivity index (χ0) is 18.1. The van der Waals surface area contributed by atoms with E-state index in [4.69, 9.17) is 4.74 Å². The lowest BCUT2D eigenvalue weighted by molar-refractivity contribution is -0.113. The molecule has 2 aromatic carbocycles. The smallest absolute Gasteiger partial charge is 0.234 e. The van der Waals surface area contributed by atoms with E-state index in [-0.39, 0.29) is 11.7 Å². The molecule has 2 rings (SSSR count). The van der Waals surface area contributed by atoms with Gasteiger partial charge in [0, 0.05) is 22.2 Å². The van der Waals surface area contributed by atoms with Gasteiger partial charge in [-0.2, -0.15) is 11.8 Å². The molecule has 0 aliphatic heterocycles. The van der Waals surface area contributed by atoms with E-state index in [9.17, 15) is 9.59 Å². The summed E-state index contributed by atoms with van der Waals surface area (Å²) in [4.78, 5) is 24.1. The molecule has 0 saturated heterocycles. The van der Waals surface area contributed by atoms with Gasteiger partial charge in [-0.15, -0.1) is 0 Å². The quantitative estimate of drug-likeness (QED) is 0.466. The van der Waals surface area contributed by atoms with Crippen LogP contribution in [-0.2, 0) is 4.79 Å². The topological polar surface area (TPSA) is 55.4 Å². The van der Waals surface area contributed by atoms with Crippen molar-refractivity contribution < 1.29 is 14.3 Å². The lowest BCUT2D eigenvalue weighted by atomic mass is 10.1. The Kier molecular flexibility index (Phi) is 8.01. The summed E-state index contributed by atoms with van der Waals surface area (Å²) in [6.07, 6.45) is 0.412. The van der Waals surface area contributed by atoms with Gasteiger partial charge in [0.15, 0.2) is 5.78 Å². The molecule has 0 spiro atoms. The van der Waals surface area contributed by atoms with Gasteiger partial charge in [0.05, 0.1) is 18.0 Å². The van der Waals surface area contributed by atoms with Gasteiger partial charge in [0.25, 0.3) is 0 Å². The van der Waals surface area contributed by atoms with Crippen LogP contribution in [0.4, 0.5) is 5.69 Å². The minimum absolute atomic E-state index is 0.0853. The number of rotatable bonds is 9. The molecule has 0 bridgehead atoms. The molecule has 0 unspecified atom stereocenters. The first kappa shape index (κ1) is 19.5. The Morgan fingerprint density at radius 2 is 1.84 bits per heavy atom. The average molecular weight is 422 g/mol. The third-order valence-electron chi connectivity index (χ3n) is 3.33. The van der Waals surface area contributed by atoms with E-state index in [1.165, 1.54) is 11.8 Å². The molecule has 0 saturated carbocycles. The molecule has 0 atom stereocenters. The van der Waals surface area contributed by atoms with Crippen LogP contribution in [0, 0.1) is 0 Å². The van der Waals surface area contributed by atoms with Crippen LogP contribution in [0.5, 0.6) is 5.75 Å². The molecule has 25 heavy (non-hydrogen) atoms. The number of anilines is 1. The summed E-state index contributed by atoms with van der Waals surface area (Å²) in [5.74, 6) is 1.55. The van der Waals surface area contributed by atoms with E-state index in [1.807, 2.05) is 43.3 Å². The molecule has 6 heteroatoms. The largest absolute Gasteiger partial charge is 0.492 e. The lowest BCUT2D eigenvalue weighted by Crippen LogP contribution is -2.15. The maximum atomic E-state index is 12.1. The highest BCUT2D eigenvalue weighted by atomic mass is 79.9. The fraction of sp³-hybridized carbons (Fsp3) is 0.263. The first-order chi connectivity index (χ1) is 12.1. The summed E-state index contributed by atoms with van der Waals surface area (Å²) in [6, 6.07) is 14.6. The van der Waals surface area contributed by atoms with Crippen LogP contribution in [0.2, 0.25) is 0 Å². The van der Waals surface area contributed by atoms with Crippen LogP contribution in [0.25, 0.3) is 0 Å². The summed E-state index contributed by atoms with van der Waals surface area (Å²) in [6.45, 7) is 2.44. The Labute approximate surface area is 160 Å². The van der Waals surface area contributed by atoms with Gasteiger partial charge < -0.3 is 10.1 Å². The number of ether oxygens (including phenoxy) is 1. The van der Waals surface area contributed by atoms with E-state index >= 15 is 0 Å². The minimum Gasteiger partial charge on any atom is -0.492 e. The van der Waals surface area contributed by atoms with E-state index in [0.29, 0.717) is 41.5 Å². The van der Waals surface area contributed by atoms with Crippen molar-refractivity contribution in [1.29, 1.82) is 0 Å². The number of benzene rings is 2. The molecule has 132 valence electrons. The van der Waals surface area contributed by atoms with Crippen LogP contribution in [0.3, 0.4) is 0 Å². The number of ketones is 1. The number of thioether (sulfide) groups is 1. The van der Waals surface area contributed by atoms with Crippen molar-refractivity contribution in [1.82, 2.24) is 0 Å². The second-order valence-corrected chi connectivity index (χ2v) is 7.23. The number of Topliss-reactive ketones (excluding diaryl/α,β-unsaturated/α-hetero) is 1. The number of carbonyl (C=O) groups is 2. The molecular weight excluding hydrogens is 402 g/mol. The Hall–Kier alpha value is -1.79. The number of halogens is 1. The highest BCUT2D eigenvalue weighted by molar-refractivity contribution is 9.10. The maximum absolute atomic E-state index is 12.1. The molecule has 0 aromatic heterocycles. The Bertz CT molecular complexity index is 719. The van der Waals surface area contributed by atoms with E-state index in [2.05, 4.69) is 21.2 Å². The fourth-order valence-electron chi connectivity index (χ4n) is 2.15. The van der Waals surface area contributed by atoms with Crippen LogP contribution >= 0.6 is 27.7 Å². The molecule has 2 aromatic rings. The fourth-order valence-corrected chi connectivity index (χ4v) is 3.14. The van der Waals surface area contributed by atoms with Crippen molar-refractivity contribution in [2.45, 2.75) is 13.3 Å². The Morgan fingerprint density at radius 3 is 2.56 bits per heavy atom. The van der Waals surface area contributed by atoms with Gasteiger partial charge in [-0.05, 0) is 31.2 Å². The number of hydrogen-bond acceptors (Lipinski definition) is 4. The van der Waals surface area contributed by atoms with Crippen molar-refractivity contribution in [3.63, 3.8) is 0 Å². The highest BCUT2D eigenvalue weighted by Crippen LogP contribution is 2.23. The Balaban J connectivity index is 1.74. The van der Waals surface area contributed by atoms with Crippen molar-refractivity contribution >= 4 is 45.1 Å². The number of hydrogen-bond donors (Lipinski definition) is 1. The summed E-state index contributed by atoms with van der Waals surface area (Å²) in [7, 11) is 0. The molecule has 0 fully saturated rings. The second kappa shape index (κ2) is 10.3. The molecule has 0 radical (unpaired) electrons. The van der Waals surface area contributed by atoms with Crippen LogP contribution in [0.15, 0.2) is 53.0 Å². The van der Waals surface area contributed by atoms with Gasteiger partial charge in [0.1, 0.15) is 5.75 Å². The van der Waals surface area contributed by atoms with E-state index in [0.717, 1.165) is 4.47 Å². The average Bonchev–Trinajstić information content (AvgIpc) is 2.61. The van der Waals surface area contributed by atoms with Crippen molar-refractivity contribution in [2.24, 2.45) is 0 Å². The van der Waals surface area contributed by atoms with Gasteiger partial charge >= 0.3 is 0 Å². The zero-order valence-electron chi connectivity index (χ0n) is 14.0. The number of para-hydroxylation sites is 2.